The number of rotatable bonds is 7. The number of nitrogens with zero attached hydrogens (tertiary/aromatic N) is 6. The molecule has 6 rings (SSSR count). The molecule has 0 bridgehead atoms. The normalized spacial score (nSPS) is 19.4. The maximum atomic E-state index is 14.5. The molecule has 3 aromatic rings. The Bertz CT molecular complexity index is 1640. The van der Waals surface area contributed by atoms with Gasteiger partial charge in [0.15, 0.2) is 5.83 Å². The van der Waals surface area contributed by atoms with Crippen molar-refractivity contribution in [2.24, 2.45) is 5.73 Å². The summed E-state index contributed by atoms with van der Waals surface area (Å²) in [4.78, 5) is 27.6. The van der Waals surface area contributed by atoms with Gasteiger partial charge < -0.3 is 25.2 Å². The molecule has 2 fully saturated rings. The van der Waals surface area contributed by atoms with Gasteiger partial charge in [-0.3, -0.25) is 4.79 Å². The van der Waals surface area contributed by atoms with E-state index in [1.165, 1.54) is 11.0 Å². The summed E-state index contributed by atoms with van der Waals surface area (Å²) >= 11 is 6.45. The van der Waals surface area contributed by atoms with Crippen molar-refractivity contribution in [3.05, 3.63) is 64.8 Å². The number of nitrogens with two attached hydrogens (primary N) is 1. The Morgan fingerprint density at radius 2 is 2.02 bits per heavy atom. The summed E-state index contributed by atoms with van der Waals surface area (Å²) in [5, 5.41) is 11.0. The van der Waals surface area contributed by atoms with Crippen molar-refractivity contribution >= 4 is 39.8 Å². The lowest BCUT2D eigenvalue weighted by Crippen LogP contribution is -2.56. The van der Waals surface area contributed by atoms with Crippen LogP contribution in [0.4, 0.5) is 20.3 Å². The number of fused-ring (bicyclic) bond motifs is 2. The summed E-state index contributed by atoms with van der Waals surface area (Å²) in [6.07, 6.45) is 3.39. The molecule has 1 aromatic heterocycles. The van der Waals surface area contributed by atoms with Gasteiger partial charge in [-0.15, -0.1) is 0 Å². The van der Waals surface area contributed by atoms with Gasteiger partial charge in [-0.1, -0.05) is 36.4 Å². The molecule has 1 saturated carbocycles. The molecule has 1 amide bonds. The number of amides is 1. The van der Waals surface area contributed by atoms with Crippen LogP contribution in [0.3, 0.4) is 0 Å². The molecule has 1 atom stereocenters. The lowest BCUT2D eigenvalue weighted by molar-refractivity contribution is -0.131. The van der Waals surface area contributed by atoms with Crippen LogP contribution >= 0.6 is 11.6 Å². The zero-order chi connectivity index (χ0) is 30.3. The number of piperazine rings is 1. The van der Waals surface area contributed by atoms with Gasteiger partial charge in [0.25, 0.3) is 5.91 Å². The molecule has 3 aliphatic rings. The van der Waals surface area contributed by atoms with Gasteiger partial charge in [0.2, 0.25) is 0 Å². The summed E-state index contributed by atoms with van der Waals surface area (Å²) in [6.45, 7) is 5.32. The minimum absolute atomic E-state index is 0.0357. The van der Waals surface area contributed by atoms with Crippen molar-refractivity contribution in [3.63, 3.8) is 0 Å². The van der Waals surface area contributed by atoms with E-state index in [1.54, 1.807) is 6.07 Å². The van der Waals surface area contributed by atoms with Crippen molar-refractivity contribution in [2.75, 3.05) is 42.6 Å². The van der Waals surface area contributed by atoms with Gasteiger partial charge in [-0.05, 0) is 43.2 Å². The van der Waals surface area contributed by atoms with E-state index in [9.17, 15) is 18.8 Å². The summed E-state index contributed by atoms with van der Waals surface area (Å²) in [5.74, 6) is -1.67. The second kappa shape index (κ2) is 11.6. The van der Waals surface area contributed by atoms with Gasteiger partial charge in [-0.25, -0.2) is 8.78 Å². The molecule has 1 aliphatic carbocycles. The van der Waals surface area contributed by atoms with E-state index < -0.39 is 29.1 Å². The van der Waals surface area contributed by atoms with Gasteiger partial charge in [0.05, 0.1) is 41.3 Å². The Morgan fingerprint density at radius 3 is 2.74 bits per heavy atom. The van der Waals surface area contributed by atoms with Crippen molar-refractivity contribution < 1.29 is 18.3 Å². The Labute approximate surface area is 253 Å². The summed E-state index contributed by atoms with van der Waals surface area (Å²) in [7, 11) is 0. The lowest BCUT2D eigenvalue weighted by Gasteiger charge is -2.42. The van der Waals surface area contributed by atoms with E-state index >= 15 is 0 Å². The first-order chi connectivity index (χ1) is 20.7. The van der Waals surface area contributed by atoms with Crippen molar-refractivity contribution in [1.82, 2.24) is 14.9 Å². The maximum absolute atomic E-state index is 14.5. The molecule has 9 nitrogen and oxygen atoms in total. The molecule has 3 heterocycles. The number of halogens is 3. The van der Waals surface area contributed by atoms with Crippen molar-refractivity contribution in [1.29, 1.82) is 5.26 Å². The Hall–Kier alpha value is -4.01. The zero-order valence-electron chi connectivity index (χ0n) is 23.7. The van der Waals surface area contributed by atoms with Crippen LogP contribution < -0.4 is 20.3 Å². The average Bonchev–Trinajstić information content (AvgIpc) is 2.99. The molecule has 1 saturated heterocycles. The molecule has 1 unspecified atom stereocenters. The van der Waals surface area contributed by atoms with Crippen LogP contribution in [0.15, 0.2) is 42.7 Å². The number of carbonyl (C=O) groups excluding carboxylic acids is 1. The van der Waals surface area contributed by atoms with E-state index in [-0.39, 0.29) is 37.2 Å². The SMILES string of the molecule is C=C(F)C(=O)N1CCN(c2nc(OCC3(N)CCC3)nc3c2CCN(c2cccc4ccc(F)c(Cl)c24)C3)CC1CC#N. The third-order valence-corrected chi connectivity index (χ3v) is 9.09. The number of nitriles is 1. The average molecular weight is 608 g/mol. The Balaban J connectivity index is 1.35. The van der Waals surface area contributed by atoms with Crippen molar-refractivity contribution in [2.45, 2.75) is 50.2 Å². The highest BCUT2D eigenvalue weighted by Gasteiger charge is 2.36. The fraction of sp³-hybridized carbons (Fsp3) is 0.419. The molecule has 0 radical (unpaired) electrons. The summed E-state index contributed by atoms with van der Waals surface area (Å²) in [5.41, 5.74) is 8.49. The highest BCUT2D eigenvalue weighted by Crippen LogP contribution is 2.38. The number of hydrogen-bond acceptors (Lipinski definition) is 8. The van der Waals surface area contributed by atoms with E-state index in [0.29, 0.717) is 37.3 Å². The molecule has 43 heavy (non-hydrogen) atoms. The molecule has 2 N–H and O–H groups in total. The van der Waals surface area contributed by atoms with Gasteiger partial charge >= 0.3 is 6.01 Å². The predicted molar refractivity (Wildman–Crippen MR) is 160 cm³/mol. The molecular formula is C31H32ClF2N7O2. The third kappa shape index (κ3) is 5.57. The zero-order valence-corrected chi connectivity index (χ0v) is 24.4. The van der Waals surface area contributed by atoms with Gasteiger partial charge in [0, 0.05) is 42.8 Å². The minimum Gasteiger partial charge on any atom is -0.461 e. The first-order valence-corrected chi connectivity index (χ1v) is 14.8. The van der Waals surface area contributed by atoms with Crippen LogP contribution in [0.2, 0.25) is 5.02 Å². The number of hydrogen-bond donors (Lipinski definition) is 1. The largest absolute Gasteiger partial charge is 0.461 e. The molecule has 0 spiro atoms. The van der Waals surface area contributed by atoms with Gasteiger partial charge in [0.1, 0.15) is 18.2 Å². The van der Waals surface area contributed by atoms with E-state index in [0.717, 1.165) is 41.6 Å². The van der Waals surface area contributed by atoms with Crippen LogP contribution in [0, 0.1) is 17.1 Å². The standard InChI is InChI=1S/C31H32ClF2N7O2/c1-19(33)29(42)41-15-14-40(16-21(41)8-12-35)28-22-9-13-39(25-5-2-4-20-6-7-23(34)27(32)26(20)25)17-24(22)37-30(38-28)43-18-31(36)10-3-11-31/h2,4-7,21H,1,3,8-11,13-18,36H2. The first-order valence-electron chi connectivity index (χ1n) is 14.4. The van der Waals surface area contributed by atoms with E-state index in [4.69, 9.17) is 32.0 Å². The second-order valence-electron chi connectivity index (χ2n) is 11.5. The van der Waals surface area contributed by atoms with Crippen LogP contribution in [0.1, 0.15) is 36.9 Å². The fourth-order valence-electron chi connectivity index (χ4n) is 6.21. The molecule has 224 valence electrons. The van der Waals surface area contributed by atoms with Crippen LogP contribution in [0.5, 0.6) is 6.01 Å². The number of ether oxygens (including phenoxy) is 1. The maximum Gasteiger partial charge on any atom is 0.318 e. The minimum atomic E-state index is -1.05. The Morgan fingerprint density at radius 1 is 1.21 bits per heavy atom. The second-order valence-corrected chi connectivity index (χ2v) is 11.9. The number of aromatic nitrogens is 2. The topological polar surface area (TPSA) is 112 Å². The quantitative estimate of drug-likeness (QED) is 0.386. The summed E-state index contributed by atoms with van der Waals surface area (Å²) < 4.78 is 34.3. The van der Waals surface area contributed by atoms with Crippen LogP contribution in [-0.2, 0) is 17.8 Å². The fourth-order valence-corrected chi connectivity index (χ4v) is 6.48. The molecular weight excluding hydrogens is 576 g/mol. The number of benzene rings is 2. The highest BCUT2D eigenvalue weighted by atomic mass is 35.5. The molecule has 12 heteroatoms. The van der Waals surface area contributed by atoms with E-state index in [2.05, 4.69) is 17.5 Å². The lowest BCUT2D eigenvalue weighted by atomic mass is 9.78. The number of carbonyl (C=O) groups is 1. The monoisotopic (exact) mass is 607 g/mol. The van der Waals surface area contributed by atoms with E-state index in [1.807, 2.05) is 23.1 Å². The first kappa shape index (κ1) is 29.1. The predicted octanol–water partition coefficient (Wildman–Crippen LogP) is 4.66. The van der Waals surface area contributed by atoms with Crippen LogP contribution in [0.25, 0.3) is 10.8 Å². The molecule has 2 aliphatic heterocycles. The van der Waals surface area contributed by atoms with Gasteiger partial charge in [-0.2, -0.15) is 15.2 Å². The highest BCUT2D eigenvalue weighted by molar-refractivity contribution is 6.36. The number of anilines is 2. The smallest absolute Gasteiger partial charge is 0.318 e. The van der Waals surface area contributed by atoms with Crippen molar-refractivity contribution in [3.8, 4) is 12.1 Å². The molecule has 2 aromatic carbocycles. The summed E-state index contributed by atoms with van der Waals surface area (Å²) in [6, 6.07) is 10.6. The Kier molecular flexibility index (Phi) is 7.83. The van der Waals surface area contributed by atoms with Crippen LogP contribution in [-0.4, -0.2) is 65.1 Å². The third-order valence-electron chi connectivity index (χ3n) is 8.72.